The molecule has 73 heavy (non-hydrogen) atoms. The quantitative estimate of drug-likeness (QED) is 0.152. The summed E-state index contributed by atoms with van der Waals surface area (Å²) in [5.74, 6) is 0. The molecule has 0 aromatic heterocycles. The van der Waals surface area contributed by atoms with Gasteiger partial charge in [0.05, 0.1) is 33.9 Å². The summed E-state index contributed by atoms with van der Waals surface area (Å²) in [5, 5.41) is 24.7. The minimum absolute atomic E-state index is 0.336. The van der Waals surface area contributed by atoms with Gasteiger partial charge in [-0.15, -0.1) is 0 Å². The summed E-state index contributed by atoms with van der Waals surface area (Å²) in [6.45, 7) is 18.9. The number of para-hydroxylation sites is 2. The maximum absolute atomic E-state index is 12.4. The Morgan fingerprint density at radius 1 is 0.329 bits per heavy atom. The Morgan fingerprint density at radius 3 is 1.00 bits per heavy atom. The first-order valence-corrected chi connectivity index (χ1v) is 25.6. The van der Waals surface area contributed by atoms with Crippen molar-refractivity contribution >= 4 is 34.1 Å². The van der Waals surface area contributed by atoms with Crippen LogP contribution in [0.5, 0.6) is 0 Å². The number of hydrogen-bond donors (Lipinski definition) is 0. The minimum Gasteiger partial charge on any atom is -0.308 e. The fourth-order valence-corrected chi connectivity index (χ4v) is 14.7. The number of hydrogen-bond acceptors (Lipinski definition) is 4. The standard InChI is InChI=1S/C69H58N4/c1-65(2)55-39-23-21-35-49(55)51-37-25-41-57(59(51)65)72(47-31-17-11-18-32-47)63-53(43-70)54(44-71)64(62-61(63)67(5,6)69(68(62,7)8,45-27-13-9-14-28-45)46-29-15-10-16-30-46)73(48-33-19-12-20-34-48)58-42-26-38-52-50-36-22-24-40-56(50)66(3,4)60(52)58/h9-42H,1-8H3. The van der Waals surface area contributed by atoms with E-state index in [4.69, 9.17) is 0 Å². The van der Waals surface area contributed by atoms with Crippen LogP contribution in [-0.4, -0.2) is 0 Å². The molecule has 354 valence electrons. The van der Waals surface area contributed by atoms with Crippen molar-refractivity contribution in [2.45, 2.75) is 82.5 Å². The van der Waals surface area contributed by atoms with E-state index < -0.39 is 27.1 Å². The molecule has 9 aromatic rings. The lowest BCUT2D eigenvalue weighted by Gasteiger charge is -2.51. The van der Waals surface area contributed by atoms with Gasteiger partial charge in [-0.05, 0) is 103 Å². The molecule has 4 heteroatoms. The molecule has 0 saturated carbocycles. The molecule has 0 atom stereocenters. The average Bonchev–Trinajstić information content (AvgIpc) is 3.90. The van der Waals surface area contributed by atoms with Gasteiger partial charge in [-0.1, -0.05) is 225 Å². The number of fused-ring (bicyclic) bond motifs is 7. The average molecular weight is 943 g/mol. The molecule has 0 amide bonds. The molecule has 0 aliphatic heterocycles. The Kier molecular flexibility index (Phi) is 10.2. The zero-order valence-electron chi connectivity index (χ0n) is 42.9. The van der Waals surface area contributed by atoms with E-state index in [0.29, 0.717) is 11.1 Å². The van der Waals surface area contributed by atoms with E-state index in [0.717, 1.165) is 56.4 Å². The molecule has 9 aromatic carbocycles. The summed E-state index contributed by atoms with van der Waals surface area (Å²) < 4.78 is 0. The highest BCUT2D eigenvalue weighted by Gasteiger charge is 2.67. The Bertz CT molecular complexity index is 3510. The van der Waals surface area contributed by atoms with E-state index in [1.165, 1.54) is 44.5 Å². The van der Waals surface area contributed by atoms with Gasteiger partial charge in [-0.3, -0.25) is 0 Å². The molecule has 12 rings (SSSR count). The summed E-state index contributed by atoms with van der Waals surface area (Å²) in [5.41, 5.74) is 16.8. The Hall–Kier alpha value is -8.44. The monoisotopic (exact) mass is 942 g/mol. The van der Waals surface area contributed by atoms with Gasteiger partial charge in [0.15, 0.2) is 0 Å². The molecule has 0 saturated heterocycles. The van der Waals surface area contributed by atoms with E-state index >= 15 is 0 Å². The molecule has 4 nitrogen and oxygen atoms in total. The summed E-state index contributed by atoms with van der Waals surface area (Å²) in [6, 6.07) is 79.5. The molecule has 0 fully saturated rings. The van der Waals surface area contributed by atoms with E-state index in [2.05, 4.69) is 284 Å². The molecule has 0 heterocycles. The summed E-state index contributed by atoms with van der Waals surface area (Å²) >= 11 is 0. The van der Waals surface area contributed by atoms with Crippen molar-refractivity contribution in [3.63, 3.8) is 0 Å². The maximum Gasteiger partial charge on any atom is 0.103 e. The normalized spacial score (nSPS) is 16.2. The van der Waals surface area contributed by atoms with Crippen LogP contribution in [0.25, 0.3) is 22.3 Å². The van der Waals surface area contributed by atoms with Gasteiger partial charge in [0.2, 0.25) is 0 Å². The summed E-state index contributed by atoms with van der Waals surface area (Å²) in [6.07, 6.45) is 0. The summed E-state index contributed by atoms with van der Waals surface area (Å²) in [4.78, 5) is 4.70. The van der Waals surface area contributed by atoms with Crippen LogP contribution in [0.15, 0.2) is 206 Å². The first-order valence-electron chi connectivity index (χ1n) is 25.6. The number of benzene rings is 9. The van der Waals surface area contributed by atoms with Gasteiger partial charge >= 0.3 is 0 Å². The number of anilines is 6. The van der Waals surface area contributed by atoms with Crippen LogP contribution >= 0.6 is 0 Å². The Labute approximate surface area is 431 Å². The third-order valence-corrected chi connectivity index (χ3v) is 17.3. The van der Waals surface area contributed by atoms with Crippen LogP contribution in [0.3, 0.4) is 0 Å². The maximum atomic E-state index is 12.4. The Morgan fingerprint density at radius 2 is 0.644 bits per heavy atom. The predicted molar refractivity (Wildman–Crippen MR) is 300 cm³/mol. The molecule has 3 aliphatic carbocycles. The molecule has 0 spiro atoms. The molecule has 0 bridgehead atoms. The molecule has 0 N–H and O–H groups in total. The number of nitriles is 2. The van der Waals surface area contributed by atoms with E-state index in [1.807, 2.05) is 0 Å². The van der Waals surface area contributed by atoms with Crippen LogP contribution in [0, 0.1) is 22.7 Å². The van der Waals surface area contributed by atoms with Crippen molar-refractivity contribution in [1.29, 1.82) is 10.5 Å². The van der Waals surface area contributed by atoms with Crippen LogP contribution < -0.4 is 9.80 Å². The van der Waals surface area contributed by atoms with Gasteiger partial charge in [0.1, 0.15) is 12.1 Å². The Balaban J connectivity index is 1.31. The second kappa shape index (κ2) is 16.3. The second-order valence-electron chi connectivity index (χ2n) is 22.2. The van der Waals surface area contributed by atoms with E-state index in [1.54, 1.807) is 0 Å². The van der Waals surface area contributed by atoms with Crippen molar-refractivity contribution in [2.75, 3.05) is 9.80 Å². The van der Waals surface area contributed by atoms with Gasteiger partial charge < -0.3 is 9.80 Å². The molecule has 0 radical (unpaired) electrons. The third-order valence-electron chi connectivity index (χ3n) is 17.3. The smallest absolute Gasteiger partial charge is 0.103 e. The zero-order chi connectivity index (χ0) is 50.7. The van der Waals surface area contributed by atoms with Crippen molar-refractivity contribution in [3.05, 3.63) is 262 Å². The zero-order valence-corrected chi connectivity index (χ0v) is 42.9. The van der Waals surface area contributed by atoms with Gasteiger partial charge in [0.25, 0.3) is 0 Å². The highest BCUT2D eigenvalue weighted by Crippen LogP contribution is 2.72. The lowest BCUT2D eigenvalue weighted by atomic mass is 9.50. The van der Waals surface area contributed by atoms with Crippen LogP contribution in [-0.2, 0) is 27.1 Å². The van der Waals surface area contributed by atoms with E-state index in [9.17, 15) is 10.5 Å². The first kappa shape index (κ1) is 45.7. The minimum atomic E-state index is -0.766. The van der Waals surface area contributed by atoms with Gasteiger partial charge in [-0.2, -0.15) is 10.5 Å². The van der Waals surface area contributed by atoms with Crippen molar-refractivity contribution < 1.29 is 0 Å². The molecule has 0 unspecified atom stereocenters. The number of rotatable bonds is 8. The fourth-order valence-electron chi connectivity index (χ4n) is 14.7. The highest BCUT2D eigenvalue weighted by molar-refractivity contribution is 6.00. The largest absolute Gasteiger partial charge is 0.308 e. The summed E-state index contributed by atoms with van der Waals surface area (Å²) in [7, 11) is 0. The topological polar surface area (TPSA) is 54.1 Å². The van der Waals surface area contributed by atoms with E-state index in [-0.39, 0.29) is 0 Å². The third kappa shape index (κ3) is 6.05. The van der Waals surface area contributed by atoms with Crippen LogP contribution in [0.1, 0.15) is 111 Å². The van der Waals surface area contributed by atoms with Gasteiger partial charge in [0, 0.05) is 38.4 Å². The highest BCUT2D eigenvalue weighted by atomic mass is 15.2. The van der Waals surface area contributed by atoms with Crippen molar-refractivity contribution in [2.24, 2.45) is 0 Å². The lowest BCUT2D eigenvalue weighted by Crippen LogP contribution is -2.52. The molecular weight excluding hydrogens is 885 g/mol. The SMILES string of the molecule is CC1(C)c2ccccc2-c2cccc(N(c3ccccc3)c3c(C#N)c(C#N)c(N(c4ccccc4)c4cccc5c4C(C)(C)c4ccccc4-5)c4c3C(C)(C)C(c3ccccc3)(c3ccccc3)C4(C)C)c21. The lowest BCUT2D eigenvalue weighted by molar-refractivity contribution is 0.226. The first-order chi connectivity index (χ1) is 35.2. The van der Waals surface area contributed by atoms with Gasteiger partial charge in [-0.25, -0.2) is 0 Å². The van der Waals surface area contributed by atoms with Crippen molar-refractivity contribution in [3.8, 4) is 34.4 Å². The fraction of sp³-hybridized carbons (Fsp3) is 0.188. The molecular formula is C69H58N4. The molecule has 3 aliphatic rings. The van der Waals surface area contributed by atoms with Crippen molar-refractivity contribution in [1.82, 2.24) is 0 Å². The van der Waals surface area contributed by atoms with Crippen LogP contribution in [0.2, 0.25) is 0 Å². The van der Waals surface area contributed by atoms with Crippen LogP contribution in [0.4, 0.5) is 34.1 Å². The predicted octanol–water partition coefficient (Wildman–Crippen LogP) is 17.5. The number of nitrogens with zero attached hydrogens (tertiary/aromatic N) is 4. The second-order valence-corrected chi connectivity index (χ2v) is 22.2.